The molecule has 3 heterocycles. The van der Waals surface area contributed by atoms with E-state index in [1.165, 1.54) is 22.8 Å². The summed E-state index contributed by atoms with van der Waals surface area (Å²) in [5.74, 6) is -0.965. The molecule has 0 bridgehead atoms. The average molecular weight is 701 g/mol. The van der Waals surface area contributed by atoms with Gasteiger partial charge in [0.05, 0.1) is 21.1 Å². The lowest BCUT2D eigenvalue weighted by Crippen LogP contribution is -2.41. The van der Waals surface area contributed by atoms with Gasteiger partial charge in [-0.25, -0.2) is 9.59 Å². The van der Waals surface area contributed by atoms with Gasteiger partial charge in [-0.1, -0.05) is 52.1 Å². The number of aromatic nitrogens is 2. The lowest BCUT2D eigenvalue weighted by atomic mass is 9.89. The number of carbonyl (C=O) groups excluding carboxylic acids is 3. The summed E-state index contributed by atoms with van der Waals surface area (Å²) in [6.07, 6.45) is 5.35. The molecule has 9 nitrogen and oxygen atoms in total. The molecule has 12 heteroatoms. The first-order valence-corrected chi connectivity index (χ1v) is 16.3. The maximum Gasteiger partial charge on any atom is 0.410 e. The summed E-state index contributed by atoms with van der Waals surface area (Å²) in [7, 11) is 0. The largest absolute Gasteiger partial charge is 0.457 e. The number of esters is 1. The monoisotopic (exact) mass is 699 g/mol. The highest BCUT2D eigenvalue weighted by atomic mass is 35.5. The standard InChI is InChI=1S/C35H36Cl3N3O6/c1-34(2,3)45-27(42)11-10-20-8-7-9-26-23(20)14-17-41(26)32(43)29-30(21-12-15-40(16-13-21)33(44)46-35(4,5)6)39-47-31(29)28-24(37)18-22(36)19-25(28)38/h7-11,14,17-19,21H,12-13,15-16H2,1-6H3/b11-10+. The molecular formula is C35H36Cl3N3O6. The summed E-state index contributed by atoms with van der Waals surface area (Å²) in [6, 6.07) is 10.3. The lowest BCUT2D eigenvalue weighted by Gasteiger charge is -2.33. The Balaban J connectivity index is 1.54. The van der Waals surface area contributed by atoms with E-state index in [9.17, 15) is 14.4 Å². The Labute approximate surface area is 288 Å². The quantitative estimate of drug-likeness (QED) is 0.151. The molecule has 0 saturated carbocycles. The van der Waals surface area contributed by atoms with Crippen molar-refractivity contribution in [1.29, 1.82) is 0 Å². The predicted molar refractivity (Wildman–Crippen MR) is 183 cm³/mol. The van der Waals surface area contributed by atoms with Crippen molar-refractivity contribution < 1.29 is 28.4 Å². The molecule has 1 amide bonds. The topological polar surface area (TPSA) is 104 Å². The van der Waals surface area contributed by atoms with Gasteiger partial charge in [-0.05, 0) is 90.3 Å². The SMILES string of the molecule is CC(C)(C)OC(=O)/C=C/c1cccc2c1ccn2C(=O)c1c(C2CCN(C(=O)OC(C)(C)C)CC2)noc1-c1c(Cl)cc(Cl)cc1Cl. The third kappa shape index (κ3) is 7.86. The van der Waals surface area contributed by atoms with Crippen molar-refractivity contribution in [3.63, 3.8) is 0 Å². The predicted octanol–water partition coefficient (Wildman–Crippen LogP) is 9.41. The van der Waals surface area contributed by atoms with E-state index < -0.39 is 23.1 Å². The van der Waals surface area contributed by atoms with E-state index in [4.69, 9.17) is 48.8 Å². The summed E-state index contributed by atoms with van der Waals surface area (Å²) in [5, 5.41) is 5.87. The highest BCUT2D eigenvalue weighted by Crippen LogP contribution is 2.43. The minimum atomic E-state index is -0.626. The molecular weight excluding hydrogens is 665 g/mol. The second kappa shape index (κ2) is 13.4. The molecule has 0 aliphatic carbocycles. The fourth-order valence-corrected chi connectivity index (χ4v) is 6.50. The second-order valence-electron chi connectivity index (χ2n) is 13.4. The Hall–Kier alpha value is -3.79. The maximum atomic E-state index is 14.6. The molecule has 248 valence electrons. The van der Waals surface area contributed by atoms with E-state index in [0.29, 0.717) is 47.7 Å². The Morgan fingerprint density at radius 1 is 0.936 bits per heavy atom. The number of fused-ring (bicyclic) bond motifs is 1. The number of carbonyl (C=O) groups is 3. The Bertz CT molecular complexity index is 1850. The first-order valence-electron chi connectivity index (χ1n) is 15.2. The molecule has 0 unspecified atom stereocenters. The molecule has 1 aliphatic heterocycles. The number of piperidine rings is 1. The Morgan fingerprint density at radius 3 is 2.19 bits per heavy atom. The molecule has 0 spiro atoms. The van der Waals surface area contributed by atoms with Crippen LogP contribution in [0.5, 0.6) is 0 Å². The summed E-state index contributed by atoms with van der Waals surface area (Å²) >= 11 is 19.4. The van der Waals surface area contributed by atoms with Crippen molar-refractivity contribution in [1.82, 2.24) is 14.6 Å². The summed E-state index contributed by atoms with van der Waals surface area (Å²) in [6.45, 7) is 11.7. The van der Waals surface area contributed by atoms with Gasteiger partial charge in [0, 0.05) is 41.7 Å². The maximum absolute atomic E-state index is 14.6. The first-order chi connectivity index (χ1) is 22.0. The van der Waals surface area contributed by atoms with E-state index >= 15 is 0 Å². The molecule has 0 radical (unpaired) electrons. The van der Waals surface area contributed by atoms with Crippen LogP contribution in [0.2, 0.25) is 15.1 Å². The number of rotatable bonds is 5. The number of nitrogens with zero attached hydrogens (tertiary/aromatic N) is 3. The van der Waals surface area contributed by atoms with Gasteiger partial charge in [0.15, 0.2) is 5.76 Å². The summed E-state index contributed by atoms with van der Waals surface area (Å²) < 4.78 is 18.3. The normalized spacial score (nSPS) is 14.6. The fraction of sp³-hybridized carbons (Fsp3) is 0.371. The number of ether oxygens (including phenoxy) is 2. The van der Waals surface area contributed by atoms with Crippen LogP contribution in [0, 0.1) is 0 Å². The van der Waals surface area contributed by atoms with Crippen LogP contribution in [0.15, 0.2) is 53.2 Å². The lowest BCUT2D eigenvalue weighted by molar-refractivity contribution is -0.148. The van der Waals surface area contributed by atoms with Crippen molar-refractivity contribution in [2.24, 2.45) is 0 Å². The van der Waals surface area contributed by atoms with E-state index in [-0.39, 0.29) is 33.4 Å². The van der Waals surface area contributed by atoms with Crippen LogP contribution in [0.25, 0.3) is 28.3 Å². The molecule has 0 N–H and O–H groups in total. The first kappa shape index (κ1) is 34.5. The summed E-state index contributed by atoms with van der Waals surface area (Å²) in [4.78, 5) is 41.3. The van der Waals surface area contributed by atoms with Gasteiger partial charge in [0.25, 0.3) is 5.91 Å². The van der Waals surface area contributed by atoms with Crippen molar-refractivity contribution in [3.8, 4) is 11.3 Å². The molecule has 2 aromatic heterocycles. The fourth-order valence-electron chi connectivity index (χ4n) is 5.51. The van der Waals surface area contributed by atoms with Crippen LogP contribution >= 0.6 is 34.8 Å². The number of hydrogen-bond donors (Lipinski definition) is 0. The van der Waals surface area contributed by atoms with Crippen LogP contribution in [0.1, 0.15) is 81.9 Å². The number of amides is 1. The Morgan fingerprint density at radius 2 is 1.57 bits per heavy atom. The van der Waals surface area contributed by atoms with Gasteiger partial charge in [-0.2, -0.15) is 0 Å². The number of benzene rings is 2. The molecule has 5 rings (SSSR count). The highest BCUT2D eigenvalue weighted by Gasteiger charge is 2.35. The van der Waals surface area contributed by atoms with Crippen LogP contribution in [-0.4, -0.2) is 56.9 Å². The number of likely N-dealkylation sites (tertiary alicyclic amines) is 1. The van der Waals surface area contributed by atoms with E-state index in [1.807, 2.05) is 32.9 Å². The minimum absolute atomic E-state index is 0.120. The van der Waals surface area contributed by atoms with Crippen molar-refractivity contribution in [3.05, 3.63) is 80.6 Å². The summed E-state index contributed by atoms with van der Waals surface area (Å²) in [5.41, 5.74) is 1.04. The van der Waals surface area contributed by atoms with Crippen molar-refractivity contribution >= 4 is 69.8 Å². The van der Waals surface area contributed by atoms with Crippen LogP contribution in [0.4, 0.5) is 4.79 Å². The average Bonchev–Trinajstić information content (AvgIpc) is 3.59. The van der Waals surface area contributed by atoms with E-state index in [2.05, 4.69) is 5.16 Å². The minimum Gasteiger partial charge on any atom is -0.457 e. The van der Waals surface area contributed by atoms with Gasteiger partial charge in [-0.3, -0.25) is 9.36 Å². The second-order valence-corrected chi connectivity index (χ2v) is 14.6. The molecule has 1 saturated heterocycles. The number of halogens is 3. The van der Waals surface area contributed by atoms with Crippen molar-refractivity contribution in [2.45, 2.75) is 71.5 Å². The van der Waals surface area contributed by atoms with Crippen molar-refractivity contribution in [2.75, 3.05) is 13.1 Å². The van der Waals surface area contributed by atoms with Gasteiger partial charge >= 0.3 is 12.1 Å². The smallest absolute Gasteiger partial charge is 0.410 e. The third-order valence-corrected chi connectivity index (χ3v) is 8.31. The molecule has 0 atom stereocenters. The van der Waals surface area contributed by atoms with Crippen LogP contribution in [0.3, 0.4) is 0 Å². The van der Waals surface area contributed by atoms with Gasteiger partial charge in [-0.15, -0.1) is 0 Å². The van der Waals surface area contributed by atoms with Gasteiger partial charge < -0.3 is 18.9 Å². The Kier molecular flexibility index (Phi) is 9.83. The van der Waals surface area contributed by atoms with Crippen LogP contribution in [-0.2, 0) is 14.3 Å². The van der Waals surface area contributed by atoms with Crippen LogP contribution < -0.4 is 0 Å². The zero-order chi connectivity index (χ0) is 34.3. The highest BCUT2D eigenvalue weighted by molar-refractivity contribution is 6.42. The third-order valence-electron chi connectivity index (χ3n) is 7.49. The zero-order valence-corrected chi connectivity index (χ0v) is 29.3. The molecule has 1 aliphatic rings. The van der Waals surface area contributed by atoms with E-state index in [0.717, 1.165) is 10.9 Å². The van der Waals surface area contributed by atoms with E-state index in [1.54, 1.807) is 50.1 Å². The number of hydrogen-bond acceptors (Lipinski definition) is 7. The molecule has 1 fully saturated rings. The zero-order valence-electron chi connectivity index (χ0n) is 27.0. The van der Waals surface area contributed by atoms with Gasteiger partial charge in [0.2, 0.25) is 0 Å². The van der Waals surface area contributed by atoms with Gasteiger partial charge in [0.1, 0.15) is 22.5 Å². The molecule has 2 aromatic carbocycles. The molecule has 47 heavy (non-hydrogen) atoms. The molecule has 4 aromatic rings.